The van der Waals surface area contributed by atoms with Crippen LogP contribution in [0.2, 0.25) is 0 Å². The zero-order valence-corrected chi connectivity index (χ0v) is 18.8. The Morgan fingerprint density at radius 2 is 1.97 bits per heavy atom. The Morgan fingerprint density at radius 1 is 1.26 bits per heavy atom. The standard InChI is InChI=1S/C22H28N6O2S/c1-4-19(23-17-10-6-11-18(14-17)28-22(31)24-25-26-28)27(13-7-12-20(29)30)21-15(2)8-5-9-16(21)3/h5-6,8-11,14,19,23H,4,7,12-13H2,1-3H3,(H,29,30)(H,24,26,31). The van der Waals surface area contributed by atoms with Gasteiger partial charge in [-0.05, 0) is 68.2 Å². The Balaban J connectivity index is 1.91. The highest BCUT2D eigenvalue weighted by molar-refractivity contribution is 7.71. The first kappa shape index (κ1) is 22.5. The molecule has 0 fully saturated rings. The molecule has 9 heteroatoms. The van der Waals surface area contributed by atoms with E-state index in [0.29, 0.717) is 17.7 Å². The second kappa shape index (κ2) is 10.2. The quantitative estimate of drug-likeness (QED) is 0.316. The van der Waals surface area contributed by atoms with E-state index in [2.05, 4.69) is 58.6 Å². The number of anilines is 2. The lowest BCUT2D eigenvalue weighted by molar-refractivity contribution is -0.137. The van der Waals surface area contributed by atoms with E-state index in [0.717, 1.165) is 23.5 Å². The van der Waals surface area contributed by atoms with Crippen molar-refractivity contribution in [2.24, 2.45) is 0 Å². The van der Waals surface area contributed by atoms with Gasteiger partial charge in [0, 0.05) is 24.3 Å². The summed E-state index contributed by atoms with van der Waals surface area (Å²) in [4.78, 5) is 13.4. The maximum absolute atomic E-state index is 11.1. The number of tetrazole rings is 1. The van der Waals surface area contributed by atoms with E-state index >= 15 is 0 Å². The second-order valence-electron chi connectivity index (χ2n) is 7.47. The van der Waals surface area contributed by atoms with E-state index in [1.54, 1.807) is 4.68 Å². The summed E-state index contributed by atoms with van der Waals surface area (Å²) in [5.41, 5.74) is 5.23. The number of nitrogens with one attached hydrogen (secondary N) is 2. The summed E-state index contributed by atoms with van der Waals surface area (Å²) in [7, 11) is 0. The fourth-order valence-electron chi connectivity index (χ4n) is 3.78. The third kappa shape index (κ3) is 5.49. The highest BCUT2D eigenvalue weighted by Crippen LogP contribution is 2.29. The molecule has 8 nitrogen and oxygen atoms in total. The van der Waals surface area contributed by atoms with E-state index in [-0.39, 0.29) is 12.6 Å². The average Bonchev–Trinajstić information content (AvgIpc) is 3.17. The molecule has 31 heavy (non-hydrogen) atoms. The number of hydrogen-bond donors (Lipinski definition) is 3. The van der Waals surface area contributed by atoms with Crippen LogP contribution in [0.25, 0.3) is 5.69 Å². The lowest BCUT2D eigenvalue weighted by Gasteiger charge is -2.36. The second-order valence-corrected chi connectivity index (χ2v) is 7.83. The van der Waals surface area contributed by atoms with Crippen molar-refractivity contribution >= 4 is 29.6 Å². The van der Waals surface area contributed by atoms with Gasteiger partial charge in [-0.1, -0.05) is 41.5 Å². The predicted octanol–water partition coefficient (Wildman–Crippen LogP) is 4.46. The van der Waals surface area contributed by atoms with Crippen LogP contribution in [0.1, 0.15) is 37.3 Å². The van der Waals surface area contributed by atoms with Gasteiger partial charge in [0.2, 0.25) is 4.77 Å². The van der Waals surface area contributed by atoms with E-state index in [1.165, 1.54) is 11.1 Å². The van der Waals surface area contributed by atoms with Crippen LogP contribution in [-0.4, -0.2) is 44.0 Å². The number of benzene rings is 2. The van der Waals surface area contributed by atoms with Gasteiger partial charge in [0.1, 0.15) is 0 Å². The first-order valence-corrected chi connectivity index (χ1v) is 10.7. The normalized spacial score (nSPS) is 11.8. The molecule has 0 aliphatic rings. The number of aromatic amines is 1. The minimum Gasteiger partial charge on any atom is -0.481 e. The molecule has 1 atom stereocenters. The molecule has 1 unspecified atom stereocenters. The molecule has 1 heterocycles. The van der Waals surface area contributed by atoms with Crippen molar-refractivity contribution in [1.82, 2.24) is 20.2 Å². The first-order valence-electron chi connectivity index (χ1n) is 10.3. The van der Waals surface area contributed by atoms with Gasteiger partial charge in [0.15, 0.2) is 0 Å². The fraction of sp³-hybridized carbons (Fsp3) is 0.364. The van der Waals surface area contributed by atoms with Gasteiger partial charge in [-0.3, -0.25) is 4.79 Å². The number of carbonyl (C=O) groups is 1. The molecular weight excluding hydrogens is 412 g/mol. The summed E-state index contributed by atoms with van der Waals surface area (Å²) < 4.78 is 1.99. The van der Waals surface area contributed by atoms with Crippen LogP contribution < -0.4 is 10.2 Å². The van der Waals surface area contributed by atoms with Gasteiger partial charge in [-0.2, -0.15) is 5.21 Å². The van der Waals surface area contributed by atoms with Crippen molar-refractivity contribution in [1.29, 1.82) is 0 Å². The van der Waals surface area contributed by atoms with E-state index in [1.807, 2.05) is 30.3 Å². The molecule has 0 aliphatic heterocycles. The monoisotopic (exact) mass is 440 g/mol. The number of H-pyrrole nitrogens is 1. The molecule has 0 saturated heterocycles. The number of nitrogens with zero attached hydrogens (tertiary/aromatic N) is 4. The van der Waals surface area contributed by atoms with Gasteiger partial charge in [-0.25, -0.2) is 4.68 Å². The van der Waals surface area contributed by atoms with Gasteiger partial charge in [-0.15, -0.1) is 0 Å². The summed E-state index contributed by atoms with van der Waals surface area (Å²) >= 11 is 5.21. The Morgan fingerprint density at radius 3 is 2.58 bits per heavy atom. The van der Waals surface area contributed by atoms with Crippen LogP contribution in [0.3, 0.4) is 0 Å². The van der Waals surface area contributed by atoms with Crippen molar-refractivity contribution in [3.05, 3.63) is 58.4 Å². The molecular formula is C22H28N6O2S. The molecule has 0 aliphatic carbocycles. The number of rotatable bonds is 10. The Labute approximate surface area is 186 Å². The number of carboxylic acids is 1. The first-order chi connectivity index (χ1) is 14.9. The zero-order chi connectivity index (χ0) is 22.4. The molecule has 0 saturated carbocycles. The predicted molar refractivity (Wildman–Crippen MR) is 124 cm³/mol. The molecule has 3 aromatic rings. The Kier molecular flexibility index (Phi) is 7.41. The van der Waals surface area contributed by atoms with Crippen LogP contribution in [0.5, 0.6) is 0 Å². The zero-order valence-electron chi connectivity index (χ0n) is 18.0. The van der Waals surface area contributed by atoms with Crippen molar-refractivity contribution in [2.45, 2.75) is 46.2 Å². The molecule has 0 radical (unpaired) electrons. The lowest BCUT2D eigenvalue weighted by Crippen LogP contribution is -2.42. The van der Waals surface area contributed by atoms with Crippen molar-refractivity contribution in [2.75, 3.05) is 16.8 Å². The summed E-state index contributed by atoms with van der Waals surface area (Å²) in [5, 5.41) is 23.1. The summed E-state index contributed by atoms with van der Waals surface area (Å²) in [6.45, 7) is 6.94. The van der Waals surface area contributed by atoms with E-state index in [9.17, 15) is 4.79 Å². The third-order valence-electron chi connectivity index (χ3n) is 5.19. The van der Waals surface area contributed by atoms with Crippen molar-refractivity contribution in [3.63, 3.8) is 0 Å². The van der Waals surface area contributed by atoms with E-state index < -0.39 is 5.97 Å². The molecule has 164 valence electrons. The van der Waals surface area contributed by atoms with Gasteiger partial charge < -0.3 is 15.3 Å². The minimum absolute atomic E-state index is 0.0169. The number of hydrogen-bond acceptors (Lipinski definition) is 6. The lowest BCUT2D eigenvalue weighted by atomic mass is 10.1. The molecule has 0 amide bonds. The number of aromatic nitrogens is 4. The van der Waals surface area contributed by atoms with Gasteiger partial charge in [0.05, 0.1) is 11.9 Å². The Bertz CT molecular complexity index is 1070. The number of para-hydroxylation sites is 1. The number of aliphatic carboxylic acids is 1. The molecule has 3 N–H and O–H groups in total. The highest BCUT2D eigenvalue weighted by atomic mass is 32.1. The maximum atomic E-state index is 11.1. The molecule has 0 bridgehead atoms. The van der Waals surface area contributed by atoms with Crippen LogP contribution in [0, 0.1) is 18.6 Å². The van der Waals surface area contributed by atoms with E-state index in [4.69, 9.17) is 17.3 Å². The third-order valence-corrected chi connectivity index (χ3v) is 5.45. The Hall–Kier alpha value is -3.20. The van der Waals surface area contributed by atoms with Crippen LogP contribution >= 0.6 is 12.2 Å². The maximum Gasteiger partial charge on any atom is 0.303 e. The molecule has 1 aromatic heterocycles. The summed E-state index contributed by atoms with van der Waals surface area (Å²) in [5.74, 6) is -0.778. The van der Waals surface area contributed by atoms with Crippen molar-refractivity contribution < 1.29 is 9.90 Å². The molecule has 2 aromatic carbocycles. The van der Waals surface area contributed by atoms with Crippen LogP contribution in [0.4, 0.5) is 11.4 Å². The minimum atomic E-state index is -0.778. The number of aryl methyl sites for hydroxylation is 2. The van der Waals surface area contributed by atoms with Crippen LogP contribution in [-0.2, 0) is 4.79 Å². The van der Waals surface area contributed by atoms with Crippen molar-refractivity contribution in [3.8, 4) is 5.69 Å². The summed E-state index contributed by atoms with van der Waals surface area (Å²) in [6, 6.07) is 14.1. The molecule has 0 spiro atoms. The van der Waals surface area contributed by atoms with Crippen LogP contribution in [0.15, 0.2) is 42.5 Å². The fourth-order valence-corrected chi connectivity index (χ4v) is 3.96. The average molecular weight is 441 g/mol. The number of carboxylic acid groups (broad SMARTS) is 1. The van der Waals surface area contributed by atoms with Gasteiger partial charge in [0.25, 0.3) is 0 Å². The smallest absolute Gasteiger partial charge is 0.303 e. The highest BCUT2D eigenvalue weighted by Gasteiger charge is 2.21. The topological polar surface area (TPSA) is 99.1 Å². The SMILES string of the molecule is CCC(Nc1cccc(-n2[nH]nnc2=S)c1)N(CCCC(=O)O)c1c(C)cccc1C. The largest absolute Gasteiger partial charge is 0.481 e. The van der Waals surface area contributed by atoms with Gasteiger partial charge >= 0.3 is 5.97 Å². The summed E-state index contributed by atoms with van der Waals surface area (Å²) in [6.07, 6.45) is 1.52. The molecule has 3 rings (SSSR count).